The Hall–Kier alpha value is -3.83. The summed E-state index contributed by atoms with van der Waals surface area (Å²) in [6, 6.07) is 11.2. The molecule has 2 aromatic heterocycles. The lowest BCUT2D eigenvalue weighted by molar-refractivity contribution is -0.153. The minimum absolute atomic E-state index is 0.0293. The third-order valence-corrected chi connectivity index (χ3v) is 9.77. The van der Waals surface area contributed by atoms with Gasteiger partial charge in [-0.15, -0.1) is 0 Å². The van der Waals surface area contributed by atoms with E-state index in [1.165, 1.54) is 6.07 Å². The normalized spacial score (nSPS) is 15.0. The van der Waals surface area contributed by atoms with Crippen molar-refractivity contribution >= 4 is 52.0 Å². The number of nitrogens with zero attached hydrogens (tertiary/aromatic N) is 4. The van der Waals surface area contributed by atoms with Crippen molar-refractivity contribution in [1.29, 1.82) is 0 Å². The number of amides is 2. The molecule has 1 fully saturated rings. The van der Waals surface area contributed by atoms with Crippen LogP contribution in [0.5, 0.6) is 0 Å². The minimum atomic E-state index is -4.68. The lowest BCUT2D eigenvalue weighted by Gasteiger charge is -2.32. The highest BCUT2D eigenvalue weighted by Crippen LogP contribution is 2.33. The maximum Gasteiger partial charge on any atom is 0.408 e. The summed E-state index contributed by atoms with van der Waals surface area (Å²) in [6.45, 7) is 9.05. The first-order chi connectivity index (χ1) is 23.0. The van der Waals surface area contributed by atoms with Gasteiger partial charge in [-0.25, -0.2) is 9.97 Å². The molecule has 2 aromatic carbocycles. The second-order valence-electron chi connectivity index (χ2n) is 13.8. The van der Waals surface area contributed by atoms with Gasteiger partial charge >= 0.3 is 6.18 Å². The number of hydrogen-bond acceptors (Lipinski definition) is 5. The first kappa shape index (κ1) is 36.5. The van der Waals surface area contributed by atoms with E-state index < -0.39 is 30.0 Å². The quantitative estimate of drug-likeness (QED) is 0.186. The fraction of sp³-hybridized carbons (Fsp3) is 0.444. The zero-order valence-electron chi connectivity index (χ0n) is 28.2. The molecule has 8 nitrogen and oxygen atoms in total. The van der Waals surface area contributed by atoms with Crippen LogP contribution in [0.1, 0.15) is 73.4 Å². The number of rotatable bonds is 9. The standard InChI is InChI=1S/C36H41Cl2F3N6O2/c1-21-13-15-47(16-14-21)31-25(33(48)44-28(36(39,40)41)17-22-9-7-6-8-10-22)18-27-32(45-31)46(5)29(43-27)19-24-26(37)12-11-23(30(24)38)20-42-34(49)35(2,3)4/h6-12,18,21,28H,13-17,19-20H2,1-5H3,(H,42,49)(H,44,48). The van der Waals surface area contributed by atoms with E-state index in [9.17, 15) is 22.8 Å². The topological polar surface area (TPSA) is 92.2 Å². The lowest BCUT2D eigenvalue weighted by atomic mass is 9.95. The predicted octanol–water partition coefficient (Wildman–Crippen LogP) is 7.67. The Morgan fingerprint density at radius 2 is 1.69 bits per heavy atom. The predicted molar refractivity (Wildman–Crippen MR) is 187 cm³/mol. The van der Waals surface area contributed by atoms with Crippen molar-refractivity contribution in [2.75, 3.05) is 18.0 Å². The lowest BCUT2D eigenvalue weighted by Crippen LogP contribution is -2.47. The summed E-state index contributed by atoms with van der Waals surface area (Å²) in [4.78, 5) is 37.8. The van der Waals surface area contributed by atoms with Crippen LogP contribution in [0.15, 0.2) is 48.5 Å². The Kier molecular flexibility index (Phi) is 10.8. The SMILES string of the molecule is CC1CCN(c2nc3c(cc2C(=O)NC(Cc2ccccc2)C(F)(F)F)nc(Cc2c(Cl)ccc(CNC(=O)C(C)(C)C)c2Cl)n3C)CC1. The summed E-state index contributed by atoms with van der Waals surface area (Å²) in [5, 5.41) is 5.97. The molecular weight excluding hydrogens is 676 g/mol. The molecule has 2 amide bonds. The van der Waals surface area contributed by atoms with Crippen LogP contribution < -0.4 is 15.5 Å². The Labute approximate surface area is 294 Å². The van der Waals surface area contributed by atoms with Crippen molar-refractivity contribution in [2.45, 2.75) is 72.1 Å². The number of carbonyl (C=O) groups is 2. The highest BCUT2D eigenvalue weighted by Gasteiger charge is 2.41. The van der Waals surface area contributed by atoms with Crippen molar-refractivity contribution < 1.29 is 22.8 Å². The van der Waals surface area contributed by atoms with E-state index >= 15 is 0 Å². The van der Waals surface area contributed by atoms with E-state index in [4.69, 9.17) is 33.2 Å². The molecule has 262 valence electrons. The van der Waals surface area contributed by atoms with Crippen molar-refractivity contribution in [2.24, 2.45) is 18.4 Å². The zero-order valence-corrected chi connectivity index (χ0v) is 29.7. The number of fused-ring (bicyclic) bond motifs is 1. The van der Waals surface area contributed by atoms with Crippen molar-refractivity contribution in [3.8, 4) is 0 Å². The Morgan fingerprint density at radius 3 is 2.33 bits per heavy atom. The zero-order chi connectivity index (χ0) is 35.7. The molecule has 4 aromatic rings. The van der Waals surface area contributed by atoms with Crippen molar-refractivity contribution in [3.63, 3.8) is 0 Å². The molecule has 1 aliphatic rings. The van der Waals surface area contributed by atoms with Crippen LogP contribution in [-0.2, 0) is 31.2 Å². The molecule has 1 saturated heterocycles. The average molecular weight is 718 g/mol. The van der Waals surface area contributed by atoms with Gasteiger partial charge in [0, 0.05) is 50.0 Å². The molecule has 1 aliphatic heterocycles. The number of benzene rings is 2. The van der Waals surface area contributed by atoms with E-state index in [0.29, 0.717) is 68.5 Å². The first-order valence-electron chi connectivity index (χ1n) is 16.3. The molecule has 1 atom stereocenters. The van der Waals surface area contributed by atoms with E-state index in [0.717, 1.165) is 12.8 Å². The maximum atomic E-state index is 14.2. The maximum absolute atomic E-state index is 14.2. The summed E-state index contributed by atoms with van der Waals surface area (Å²) in [7, 11) is 1.79. The van der Waals surface area contributed by atoms with Crippen LogP contribution in [0.2, 0.25) is 10.0 Å². The van der Waals surface area contributed by atoms with Gasteiger partial charge in [-0.3, -0.25) is 9.59 Å². The number of piperidine rings is 1. The van der Waals surface area contributed by atoms with Crippen molar-refractivity contribution in [1.82, 2.24) is 25.2 Å². The summed E-state index contributed by atoms with van der Waals surface area (Å²) in [5.41, 5.74) is 2.02. The molecule has 0 aliphatic carbocycles. The molecule has 49 heavy (non-hydrogen) atoms. The smallest absolute Gasteiger partial charge is 0.356 e. The number of aryl methyl sites for hydroxylation is 1. The van der Waals surface area contributed by atoms with Crippen molar-refractivity contribution in [3.05, 3.63) is 86.7 Å². The number of aromatic nitrogens is 3. The van der Waals surface area contributed by atoms with Crippen LogP contribution >= 0.6 is 23.2 Å². The molecule has 0 spiro atoms. The number of nitrogens with one attached hydrogen (secondary N) is 2. The van der Waals surface area contributed by atoms with Gasteiger partial charge in [-0.1, -0.05) is 87.3 Å². The highest BCUT2D eigenvalue weighted by molar-refractivity contribution is 6.36. The van der Waals surface area contributed by atoms with Crippen LogP contribution in [0.4, 0.5) is 19.0 Å². The molecule has 1 unspecified atom stereocenters. The van der Waals surface area contributed by atoms with Gasteiger partial charge in [-0.2, -0.15) is 13.2 Å². The number of anilines is 1. The van der Waals surface area contributed by atoms with Crippen LogP contribution in [0, 0.1) is 11.3 Å². The van der Waals surface area contributed by atoms with Crippen LogP contribution in [-0.4, -0.2) is 51.7 Å². The van der Waals surface area contributed by atoms with Gasteiger partial charge in [-0.05, 0) is 47.6 Å². The summed E-state index contributed by atoms with van der Waals surface area (Å²) < 4.78 is 44.5. The van der Waals surface area contributed by atoms with Gasteiger partial charge in [0.25, 0.3) is 5.91 Å². The Bertz CT molecular complexity index is 1830. The number of alkyl halides is 3. The monoisotopic (exact) mass is 716 g/mol. The average Bonchev–Trinajstić information content (AvgIpc) is 3.35. The molecule has 5 rings (SSSR count). The summed E-state index contributed by atoms with van der Waals surface area (Å²) in [5.74, 6) is 0.342. The minimum Gasteiger partial charge on any atom is -0.356 e. The van der Waals surface area contributed by atoms with Gasteiger partial charge in [0.15, 0.2) is 5.65 Å². The Morgan fingerprint density at radius 1 is 1.02 bits per heavy atom. The second kappa shape index (κ2) is 14.6. The first-order valence-corrected chi connectivity index (χ1v) is 17.0. The van der Waals surface area contributed by atoms with E-state index in [2.05, 4.69) is 17.6 Å². The number of imidazole rings is 1. The highest BCUT2D eigenvalue weighted by atomic mass is 35.5. The van der Waals surface area contributed by atoms with Gasteiger partial charge < -0.3 is 20.1 Å². The largest absolute Gasteiger partial charge is 0.408 e. The van der Waals surface area contributed by atoms with E-state index in [-0.39, 0.29) is 24.4 Å². The second-order valence-corrected chi connectivity index (χ2v) is 14.6. The number of pyridine rings is 1. The van der Waals surface area contributed by atoms with E-state index in [1.54, 1.807) is 54.1 Å². The third-order valence-electron chi connectivity index (χ3n) is 8.95. The van der Waals surface area contributed by atoms with Gasteiger partial charge in [0.2, 0.25) is 5.91 Å². The molecular formula is C36H41Cl2F3N6O2. The third kappa shape index (κ3) is 8.49. The number of hydrogen-bond donors (Lipinski definition) is 2. The molecule has 0 radical (unpaired) electrons. The fourth-order valence-corrected chi connectivity index (χ4v) is 6.38. The van der Waals surface area contributed by atoms with Crippen LogP contribution in [0.3, 0.4) is 0 Å². The van der Waals surface area contributed by atoms with E-state index in [1.807, 2.05) is 25.7 Å². The van der Waals surface area contributed by atoms with Crippen LogP contribution in [0.25, 0.3) is 11.2 Å². The number of carbonyl (C=O) groups excluding carboxylic acids is 2. The fourth-order valence-electron chi connectivity index (χ4n) is 5.81. The molecule has 0 bridgehead atoms. The molecule has 0 saturated carbocycles. The number of halogens is 5. The van der Waals surface area contributed by atoms with Gasteiger partial charge in [0.1, 0.15) is 23.2 Å². The van der Waals surface area contributed by atoms with Gasteiger partial charge in [0.05, 0.1) is 10.6 Å². The molecule has 13 heteroatoms. The summed E-state index contributed by atoms with van der Waals surface area (Å²) >= 11 is 13.4. The Balaban J connectivity index is 1.50. The molecule has 3 heterocycles. The molecule has 2 N–H and O–H groups in total. The summed E-state index contributed by atoms with van der Waals surface area (Å²) in [6.07, 6.45) is -3.15.